The molecule has 0 radical (unpaired) electrons. The summed E-state index contributed by atoms with van der Waals surface area (Å²) in [7, 11) is -0.461. The molecule has 3 aliphatic heterocycles. The first kappa shape index (κ1) is 33.1. The van der Waals surface area contributed by atoms with Crippen LogP contribution in [-0.2, 0) is 9.31 Å². The molecule has 43 heavy (non-hydrogen) atoms. The van der Waals surface area contributed by atoms with E-state index in [4.69, 9.17) is 27.9 Å². The molecule has 0 unspecified atom stereocenters. The molecule has 0 aliphatic carbocycles. The van der Waals surface area contributed by atoms with E-state index in [1.807, 2.05) is 36.4 Å². The third-order valence-corrected chi connectivity index (χ3v) is 7.97. The van der Waals surface area contributed by atoms with Crippen molar-refractivity contribution >= 4 is 32.1 Å². The van der Waals surface area contributed by atoms with Crippen molar-refractivity contribution in [3.05, 3.63) is 60.7 Å². The summed E-state index contributed by atoms with van der Waals surface area (Å²) in [4.78, 5) is 0. The molecule has 1 saturated heterocycles. The van der Waals surface area contributed by atoms with Crippen molar-refractivity contribution in [1.29, 1.82) is 0 Å². The van der Waals surface area contributed by atoms with E-state index in [1.165, 1.54) is 10.8 Å². The van der Waals surface area contributed by atoms with Gasteiger partial charge >= 0.3 is 21.4 Å². The Morgan fingerprint density at radius 3 is 1.05 bits per heavy atom. The predicted octanol–water partition coefficient (Wildman–Crippen LogP) is 9.52. The molecule has 0 saturated carbocycles. The Kier molecular flexibility index (Phi) is 8.96. The van der Waals surface area contributed by atoms with Gasteiger partial charge in [-0.3, -0.25) is 0 Å². The van der Waals surface area contributed by atoms with Crippen LogP contribution in [0.4, 0.5) is 0 Å². The van der Waals surface area contributed by atoms with Crippen LogP contribution in [0.2, 0.25) is 15.9 Å². The molecule has 0 atom stereocenters. The summed E-state index contributed by atoms with van der Waals surface area (Å²) >= 11 is 0. The Morgan fingerprint density at radius 1 is 0.442 bits per heavy atom. The molecule has 3 aromatic carbocycles. The molecule has 6 rings (SSSR count). The van der Waals surface area contributed by atoms with E-state index in [-0.39, 0.29) is 48.5 Å². The summed E-state index contributed by atoms with van der Waals surface area (Å²) in [6, 6.07) is 20.1. The molecule has 9 heteroatoms. The summed E-state index contributed by atoms with van der Waals surface area (Å²) in [6.45, 7) is 27.4. The molecule has 3 heterocycles. The van der Waals surface area contributed by atoms with Crippen LogP contribution in [0.5, 0.6) is 23.0 Å². The first-order chi connectivity index (χ1) is 19.7. The van der Waals surface area contributed by atoms with Gasteiger partial charge in [0.1, 0.15) is 23.0 Å². The lowest BCUT2D eigenvalue weighted by Gasteiger charge is -2.32. The van der Waals surface area contributed by atoms with Crippen LogP contribution in [-0.4, -0.2) is 32.6 Å². The quantitative estimate of drug-likeness (QED) is 0.245. The van der Waals surface area contributed by atoms with Gasteiger partial charge < -0.3 is 27.9 Å². The Labute approximate surface area is 260 Å². The zero-order valence-electron chi connectivity index (χ0n) is 28.5. The Bertz CT molecular complexity index is 1330. The molecule has 1 fully saturated rings. The highest BCUT2D eigenvalue weighted by Crippen LogP contribution is 2.45. The Balaban J connectivity index is 0.000000150. The zero-order valence-corrected chi connectivity index (χ0v) is 28.5. The predicted molar refractivity (Wildman–Crippen MR) is 180 cm³/mol. The van der Waals surface area contributed by atoms with E-state index in [2.05, 4.69) is 114 Å². The fraction of sp³-hybridized carbons (Fsp3) is 0.529. The number of benzene rings is 3. The fourth-order valence-corrected chi connectivity index (χ4v) is 4.44. The molecule has 6 nitrogen and oxygen atoms in total. The second-order valence-electron chi connectivity index (χ2n) is 15.9. The van der Waals surface area contributed by atoms with Gasteiger partial charge in [0.15, 0.2) is 0 Å². The second-order valence-corrected chi connectivity index (χ2v) is 15.9. The fourth-order valence-electron chi connectivity index (χ4n) is 4.44. The monoisotopic (exact) mass is 586 g/mol. The first-order valence-electron chi connectivity index (χ1n) is 15.3. The second kappa shape index (κ2) is 11.6. The van der Waals surface area contributed by atoms with Crippen LogP contribution in [0.1, 0.15) is 90.0 Å². The maximum Gasteiger partial charge on any atom is 0.600 e. The van der Waals surface area contributed by atoms with E-state index in [0.29, 0.717) is 0 Å². The van der Waals surface area contributed by atoms with Crippen LogP contribution in [0, 0.1) is 0 Å². The summed E-state index contributed by atoms with van der Waals surface area (Å²) in [5.41, 5.74) is -0.407. The molecule has 3 aromatic rings. The lowest BCUT2D eigenvalue weighted by Crippen LogP contribution is -2.41. The average molecular weight is 586 g/mol. The van der Waals surface area contributed by atoms with Gasteiger partial charge in [-0.1, -0.05) is 98.7 Å². The normalized spacial score (nSPS) is 18.2. The molecule has 0 amide bonds. The molecule has 0 N–H and O–H groups in total. The maximum absolute atomic E-state index is 5.91. The molecule has 230 valence electrons. The topological polar surface area (TPSA) is 55.4 Å². The van der Waals surface area contributed by atoms with Crippen LogP contribution >= 0.6 is 0 Å². The van der Waals surface area contributed by atoms with Crippen molar-refractivity contribution in [2.24, 2.45) is 0 Å². The molecular formula is C34H49B3O6. The lowest BCUT2D eigenvalue weighted by atomic mass is 9.61. The van der Waals surface area contributed by atoms with Crippen molar-refractivity contribution in [2.75, 3.05) is 0 Å². The van der Waals surface area contributed by atoms with Crippen molar-refractivity contribution in [3.8, 4) is 23.0 Å². The van der Waals surface area contributed by atoms with E-state index in [9.17, 15) is 0 Å². The summed E-state index contributed by atoms with van der Waals surface area (Å²) in [5.74, 6) is 3.40. The van der Waals surface area contributed by atoms with Crippen molar-refractivity contribution in [2.45, 2.75) is 117 Å². The van der Waals surface area contributed by atoms with Gasteiger partial charge in [-0.2, -0.15) is 0 Å². The van der Waals surface area contributed by atoms with Gasteiger partial charge in [0.2, 0.25) is 0 Å². The van der Waals surface area contributed by atoms with Crippen LogP contribution in [0.15, 0.2) is 60.7 Å². The highest BCUT2D eigenvalue weighted by Gasteiger charge is 2.55. The minimum absolute atomic E-state index is 0.0129. The van der Waals surface area contributed by atoms with E-state index in [1.54, 1.807) is 0 Å². The number of rotatable bonds is 0. The first-order valence-corrected chi connectivity index (χ1v) is 15.3. The molecule has 0 aromatic heterocycles. The molecule has 0 bridgehead atoms. The Hall–Kier alpha value is -2.77. The maximum atomic E-state index is 5.91. The van der Waals surface area contributed by atoms with Crippen LogP contribution < -0.4 is 18.6 Å². The van der Waals surface area contributed by atoms with Gasteiger partial charge in [0.25, 0.3) is 0 Å². The minimum Gasteiger partial charge on any atom is -0.523 e. The Morgan fingerprint density at radius 2 is 0.744 bits per heavy atom. The third kappa shape index (κ3) is 7.67. The highest BCUT2D eigenvalue weighted by molar-refractivity contribution is 6.51. The van der Waals surface area contributed by atoms with E-state index >= 15 is 0 Å². The number of fused-ring (bicyclic) bond motifs is 3. The zero-order chi connectivity index (χ0) is 32.0. The van der Waals surface area contributed by atoms with Crippen LogP contribution in [0.3, 0.4) is 0 Å². The van der Waals surface area contributed by atoms with Crippen molar-refractivity contribution < 1.29 is 27.9 Å². The standard InChI is InChI=1S/C14H15BO2.C10H13BO2.C10H21BO2/c1-14(2,3)15-16-12-8-10-6-4-5-7-11(10)9-13(12)17-15;1-10(2,3)11-12-8-6-4-5-7-9(8)13-11;1-8(2,3)11-12-9(4,5)10(6,7)13-11/h4-9H,1-3H3;4-7H,1-3H3;1-7H3. The molecule has 0 spiro atoms. The van der Waals surface area contributed by atoms with Gasteiger partial charge in [-0.15, -0.1) is 0 Å². The van der Waals surface area contributed by atoms with E-state index in [0.717, 1.165) is 23.0 Å². The third-order valence-electron chi connectivity index (χ3n) is 7.97. The van der Waals surface area contributed by atoms with Crippen LogP contribution in [0.25, 0.3) is 10.8 Å². The minimum atomic E-state index is -0.203. The summed E-state index contributed by atoms with van der Waals surface area (Å²) in [6.07, 6.45) is 0. The van der Waals surface area contributed by atoms with Crippen molar-refractivity contribution in [1.82, 2.24) is 0 Å². The molecule has 3 aliphatic rings. The highest BCUT2D eigenvalue weighted by atomic mass is 16.7. The van der Waals surface area contributed by atoms with Gasteiger partial charge in [0.05, 0.1) is 11.2 Å². The average Bonchev–Trinajstić information content (AvgIpc) is 3.56. The van der Waals surface area contributed by atoms with E-state index < -0.39 is 0 Å². The number of para-hydroxylation sites is 2. The summed E-state index contributed by atoms with van der Waals surface area (Å²) in [5, 5.41) is 2.41. The number of hydrogen-bond donors (Lipinski definition) is 0. The largest absolute Gasteiger partial charge is 0.600 e. The van der Waals surface area contributed by atoms with Gasteiger partial charge in [0, 0.05) is 10.6 Å². The summed E-state index contributed by atoms with van der Waals surface area (Å²) < 4.78 is 34.8. The van der Waals surface area contributed by atoms with Gasteiger partial charge in [-0.25, -0.2) is 0 Å². The SMILES string of the molecule is CC(C)(C)B1OC(C)(C)C(C)(C)O1.CC(C)(C)B1Oc2cc3ccccc3cc2O1.CC(C)(C)B1Oc2ccccc2O1. The molecular weight excluding hydrogens is 537 g/mol. The number of hydrogen-bond acceptors (Lipinski definition) is 6. The van der Waals surface area contributed by atoms with Crippen molar-refractivity contribution in [3.63, 3.8) is 0 Å². The lowest BCUT2D eigenvalue weighted by molar-refractivity contribution is 0.00578. The van der Waals surface area contributed by atoms with Gasteiger partial charge in [-0.05, 0) is 68.0 Å². The smallest absolute Gasteiger partial charge is 0.523 e.